The molecule has 3 heteroatoms. The van der Waals surface area contributed by atoms with Gasteiger partial charge in [0.15, 0.2) is 4.90 Å². The monoisotopic (exact) mass is 265 g/mol. The summed E-state index contributed by atoms with van der Waals surface area (Å²) in [6.45, 7) is 0. The van der Waals surface area contributed by atoms with Gasteiger partial charge in [0.25, 0.3) is 0 Å². The third-order valence-corrected chi connectivity index (χ3v) is 4.68. The van der Waals surface area contributed by atoms with Crippen molar-refractivity contribution in [3.05, 3.63) is 59.1 Å². The molecule has 0 aliphatic carbocycles. The second kappa shape index (κ2) is 5.48. The highest BCUT2D eigenvalue weighted by molar-refractivity contribution is 7.95. The molecule has 2 rings (SSSR count). The Morgan fingerprint density at radius 1 is 1.12 bits per heavy atom. The first-order valence-electron chi connectivity index (χ1n) is 5.32. The van der Waals surface area contributed by atoms with E-state index in [1.807, 2.05) is 18.2 Å². The number of phenolic OH excluding ortho intramolecular Hbond substituents is 1. The lowest BCUT2D eigenvalue weighted by molar-refractivity contribution is 0.475. The summed E-state index contributed by atoms with van der Waals surface area (Å²) in [7, 11) is 0.102. The largest absolute Gasteiger partial charge is 0.506 e. The maximum Gasteiger partial charge on any atom is 0.156 e. The van der Waals surface area contributed by atoms with Gasteiger partial charge in [-0.15, -0.1) is 0 Å². The summed E-state index contributed by atoms with van der Waals surface area (Å²) in [4.78, 5) is 1.18. The topological polar surface area (TPSA) is 20.2 Å². The Morgan fingerprint density at radius 2 is 1.82 bits per heavy atom. The standard InChI is InChI=1S/C14H13ClOS/c1-17(10-11-5-3-2-4-6-11)12-7-8-14(16)13(15)9-12/h2-9H,10H2,1H3/p+1. The molecule has 17 heavy (non-hydrogen) atoms. The van der Waals surface area contributed by atoms with Crippen LogP contribution in [-0.4, -0.2) is 11.4 Å². The summed E-state index contributed by atoms with van der Waals surface area (Å²) in [5.41, 5.74) is 1.32. The normalized spacial score (nSPS) is 12.4. The van der Waals surface area contributed by atoms with E-state index in [-0.39, 0.29) is 16.6 Å². The van der Waals surface area contributed by atoms with Gasteiger partial charge in [-0.25, -0.2) is 0 Å². The average Bonchev–Trinajstić information content (AvgIpc) is 2.34. The lowest BCUT2D eigenvalue weighted by Crippen LogP contribution is -2.03. The predicted molar refractivity (Wildman–Crippen MR) is 74.8 cm³/mol. The summed E-state index contributed by atoms with van der Waals surface area (Å²) < 4.78 is 0. The van der Waals surface area contributed by atoms with E-state index in [4.69, 9.17) is 11.6 Å². The van der Waals surface area contributed by atoms with Crippen molar-refractivity contribution >= 4 is 22.5 Å². The van der Waals surface area contributed by atoms with E-state index >= 15 is 0 Å². The Hall–Kier alpha value is -1.12. The van der Waals surface area contributed by atoms with E-state index in [2.05, 4.69) is 30.5 Å². The number of hydrogen-bond donors (Lipinski definition) is 1. The minimum atomic E-state index is 0.102. The molecule has 0 spiro atoms. The van der Waals surface area contributed by atoms with Crippen molar-refractivity contribution in [3.63, 3.8) is 0 Å². The molecule has 0 saturated heterocycles. The predicted octanol–water partition coefficient (Wildman–Crippen LogP) is 3.85. The third-order valence-electron chi connectivity index (χ3n) is 2.55. The average molecular weight is 266 g/mol. The Balaban J connectivity index is 2.14. The zero-order valence-corrected chi connectivity index (χ0v) is 11.1. The maximum atomic E-state index is 9.39. The highest BCUT2D eigenvalue weighted by Gasteiger charge is 2.17. The number of rotatable bonds is 3. The molecule has 2 aromatic carbocycles. The number of phenols is 1. The fourth-order valence-corrected chi connectivity index (χ4v) is 3.34. The second-order valence-corrected chi connectivity index (χ2v) is 6.32. The van der Waals surface area contributed by atoms with Gasteiger partial charge in [-0.2, -0.15) is 0 Å². The molecule has 1 nitrogen and oxygen atoms in total. The molecule has 88 valence electrons. The Labute approximate surface area is 109 Å². The molecule has 2 aromatic rings. The molecule has 0 fully saturated rings. The number of aromatic hydroxyl groups is 1. The van der Waals surface area contributed by atoms with Crippen molar-refractivity contribution in [1.82, 2.24) is 0 Å². The molecule has 0 aliphatic rings. The first-order chi connectivity index (χ1) is 8.16. The van der Waals surface area contributed by atoms with Crippen LogP contribution in [0.15, 0.2) is 53.4 Å². The summed E-state index contributed by atoms with van der Waals surface area (Å²) in [6.07, 6.45) is 2.19. The van der Waals surface area contributed by atoms with Crippen molar-refractivity contribution in [2.45, 2.75) is 10.6 Å². The molecule has 1 unspecified atom stereocenters. The van der Waals surface area contributed by atoms with Crippen LogP contribution in [0.1, 0.15) is 5.56 Å². The van der Waals surface area contributed by atoms with E-state index in [0.717, 1.165) is 5.75 Å². The molecular weight excluding hydrogens is 252 g/mol. The summed E-state index contributed by atoms with van der Waals surface area (Å²) in [5.74, 6) is 1.15. The van der Waals surface area contributed by atoms with Crippen LogP contribution in [0.3, 0.4) is 0 Å². The smallest absolute Gasteiger partial charge is 0.156 e. The lowest BCUT2D eigenvalue weighted by Gasteiger charge is -2.04. The van der Waals surface area contributed by atoms with Gasteiger partial charge in [0.2, 0.25) is 0 Å². The van der Waals surface area contributed by atoms with Crippen LogP contribution in [0.25, 0.3) is 0 Å². The fourth-order valence-electron chi connectivity index (χ4n) is 1.61. The Kier molecular flexibility index (Phi) is 3.97. The Morgan fingerprint density at radius 3 is 2.47 bits per heavy atom. The van der Waals surface area contributed by atoms with Gasteiger partial charge < -0.3 is 5.11 Å². The first-order valence-corrected chi connectivity index (χ1v) is 7.50. The molecule has 0 aliphatic heterocycles. The van der Waals surface area contributed by atoms with E-state index in [9.17, 15) is 5.11 Å². The van der Waals surface area contributed by atoms with Crippen LogP contribution in [0.5, 0.6) is 5.75 Å². The van der Waals surface area contributed by atoms with Crippen LogP contribution in [0, 0.1) is 0 Å². The molecule has 0 bridgehead atoms. The molecule has 1 N–H and O–H groups in total. The van der Waals surface area contributed by atoms with Crippen molar-refractivity contribution in [3.8, 4) is 5.75 Å². The highest BCUT2D eigenvalue weighted by atomic mass is 35.5. The minimum Gasteiger partial charge on any atom is -0.506 e. The third kappa shape index (κ3) is 3.18. The van der Waals surface area contributed by atoms with Crippen LogP contribution in [-0.2, 0) is 16.6 Å². The fraction of sp³-hybridized carbons (Fsp3) is 0.143. The van der Waals surface area contributed by atoms with Gasteiger partial charge >= 0.3 is 0 Å². The van der Waals surface area contributed by atoms with Crippen LogP contribution < -0.4 is 0 Å². The van der Waals surface area contributed by atoms with Crippen LogP contribution >= 0.6 is 11.6 Å². The van der Waals surface area contributed by atoms with Crippen LogP contribution in [0.2, 0.25) is 5.02 Å². The van der Waals surface area contributed by atoms with Gasteiger partial charge in [-0.3, -0.25) is 0 Å². The van der Waals surface area contributed by atoms with E-state index < -0.39 is 0 Å². The van der Waals surface area contributed by atoms with Crippen molar-refractivity contribution in [2.75, 3.05) is 6.26 Å². The number of benzene rings is 2. The number of hydrogen-bond acceptors (Lipinski definition) is 1. The second-order valence-electron chi connectivity index (χ2n) is 3.88. The van der Waals surface area contributed by atoms with E-state index in [1.54, 1.807) is 6.07 Å². The molecule has 0 radical (unpaired) electrons. The molecular formula is C14H14ClOS+. The van der Waals surface area contributed by atoms with E-state index in [1.165, 1.54) is 10.5 Å². The zero-order valence-electron chi connectivity index (χ0n) is 9.56. The SMILES string of the molecule is C[S+](Cc1ccccc1)c1ccc(O)c(Cl)c1. The summed E-state index contributed by atoms with van der Waals surface area (Å²) in [5, 5.41) is 9.81. The first kappa shape index (κ1) is 12.3. The molecule has 1 atom stereocenters. The van der Waals surface area contributed by atoms with Crippen LogP contribution in [0.4, 0.5) is 0 Å². The number of halogens is 1. The Bertz CT molecular complexity index is 499. The van der Waals surface area contributed by atoms with Crippen molar-refractivity contribution in [2.24, 2.45) is 0 Å². The highest BCUT2D eigenvalue weighted by Crippen LogP contribution is 2.27. The minimum absolute atomic E-state index is 0.102. The van der Waals surface area contributed by atoms with Crippen molar-refractivity contribution in [1.29, 1.82) is 0 Å². The summed E-state index contributed by atoms with van der Waals surface area (Å²) in [6, 6.07) is 15.8. The van der Waals surface area contributed by atoms with E-state index in [0.29, 0.717) is 5.02 Å². The van der Waals surface area contributed by atoms with Gasteiger partial charge in [0.1, 0.15) is 17.8 Å². The molecule has 0 heterocycles. The van der Waals surface area contributed by atoms with Gasteiger partial charge in [0, 0.05) is 22.5 Å². The van der Waals surface area contributed by atoms with Crippen molar-refractivity contribution < 1.29 is 5.11 Å². The lowest BCUT2D eigenvalue weighted by atomic mass is 10.2. The molecule has 0 amide bonds. The summed E-state index contributed by atoms with van der Waals surface area (Å²) >= 11 is 5.92. The zero-order chi connectivity index (χ0) is 12.3. The van der Waals surface area contributed by atoms with Gasteiger partial charge in [-0.1, -0.05) is 41.9 Å². The molecule has 0 saturated carbocycles. The maximum absolute atomic E-state index is 9.39. The van der Waals surface area contributed by atoms with Gasteiger partial charge in [-0.05, 0) is 12.1 Å². The molecule has 0 aromatic heterocycles. The quantitative estimate of drug-likeness (QED) is 0.836. The van der Waals surface area contributed by atoms with Gasteiger partial charge in [0.05, 0.1) is 5.02 Å².